The molecule has 120 valence electrons. The lowest BCUT2D eigenvalue weighted by atomic mass is 9.88. The zero-order valence-electron chi connectivity index (χ0n) is 13.4. The minimum atomic E-state index is 0.287. The van der Waals surface area contributed by atoms with Crippen LogP contribution >= 0.6 is 11.6 Å². The maximum absolute atomic E-state index is 6.04. The van der Waals surface area contributed by atoms with E-state index in [1.807, 2.05) is 37.3 Å². The van der Waals surface area contributed by atoms with Gasteiger partial charge in [-0.2, -0.15) is 0 Å². The van der Waals surface area contributed by atoms with Crippen molar-refractivity contribution in [2.45, 2.75) is 25.7 Å². The first-order valence-corrected chi connectivity index (χ1v) is 8.42. The molecule has 1 aliphatic heterocycles. The van der Waals surface area contributed by atoms with Crippen LogP contribution in [0.3, 0.4) is 0 Å². The van der Waals surface area contributed by atoms with Crippen molar-refractivity contribution in [2.75, 3.05) is 0 Å². The van der Waals surface area contributed by atoms with E-state index >= 15 is 0 Å². The molecule has 2 aromatic carbocycles. The summed E-state index contributed by atoms with van der Waals surface area (Å²) in [5, 5.41) is 4.86. The maximum atomic E-state index is 6.04. The van der Waals surface area contributed by atoms with Crippen molar-refractivity contribution in [3.8, 4) is 0 Å². The minimum absolute atomic E-state index is 0.287. The molecule has 4 rings (SSSR count). The second kappa shape index (κ2) is 6.25. The van der Waals surface area contributed by atoms with Gasteiger partial charge in [0.2, 0.25) is 0 Å². The number of hydrogen-bond acceptors (Lipinski definition) is 3. The standard InChI is InChI=1S/C20H17ClN2O/c1-13-20-19(24-23-13)12-16(14-7-9-17(21)10-8-14)11-18(22-20)15-5-3-2-4-6-15/h2-10,16H,11-12H2,1H3/t16-/m1/s1. The number of aromatic nitrogens is 1. The van der Waals surface area contributed by atoms with Crippen LogP contribution in [0.5, 0.6) is 0 Å². The van der Waals surface area contributed by atoms with Gasteiger partial charge in [-0.1, -0.05) is 59.2 Å². The summed E-state index contributed by atoms with van der Waals surface area (Å²) in [6.07, 6.45) is 1.65. The van der Waals surface area contributed by atoms with Crippen molar-refractivity contribution in [1.29, 1.82) is 0 Å². The molecule has 0 amide bonds. The van der Waals surface area contributed by atoms with E-state index in [1.54, 1.807) is 0 Å². The first kappa shape index (κ1) is 15.2. The predicted molar refractivity (Wildman–Crippen MR) is 96.4 cm³/mol. The highest BCUT2D eigenvalue weighted by Crippen LogP contribution is 2.36. The Morgan fingerprint density at radius 2 is 1.75 bits per heavy atom. The van der Waals surface area contributed by atoms with E-state index in [-0.39, 0.29) is 5.92 Å². The van der Waals surface area contributed by atoms with Crippen LogP contribution in [-0.4, -0.2) is 10.9 Å². The Hall–Kier alpha value is -2.39. The number of rotatable bonds is 2. The molecule has 4 heteroatoms. The molecule has 1 atom stereocenters. The number of aryl methyl sites for hydroxylation is 1. The molecule has 3 nitrogen and oxygen atoms in total. The van der Waals surface area contributed by atoms with E-state index < -0.39 is 0 Å². The molecular formula is C20H17ClN2O. The fraction of sp³-hybridized carbons (Fsp3) is 0.200. The highest BCUT2D eigenvalue weighted by molar-refractivity contribution is 6.30. The van der Waals surface area contributed by atoms with Crippen molar-refractivity contribution in [3.63, 3.8) is 0 Å². The Balaban J connectivity index is 1.80. The van der Waals surface area contributed by atoms with E-state index in [4.69, 9.17) is 21.1 Å². The van der Waals surface area contributed by atoms with Crippen molar-refractivity contribution in [1.82, 2.24) is 5.16 Å². The number of benzene rings is 2. The number of nitrogens with zero attached hydrogens (tertiary/aromatic N) is 2. The van der Waals surface area contributed by atoms with Gasteiger partial charge in [0.25, 0.3) is 0 Å². The molecule has 0 N–H and O–H groups in total. The Morgan fingerprint density at radius 3 is 2.50 bits per heavy atom. The Kier molecular flexibility index (Phi) is 3.95. The second-order valence-corrected chi connectivity index (χ2v) is 6.56. The average Bonchev–Trinajstić information content (AvgIpc) is 2.84. The molecule has 1 aromatic heterocycles. The molecule has 2 heterocycles. The third kappa shape index (κ3) is 2.87. The van der Waals surface area contributed by atoms with Crippen LogP contribution in [0, 0.1) is 6.92 Å². The van der Waals surface area contributed by atoms with Gasteiger partial charge in [0.05, 0.1) is 0 Å². The van der Waals surface area contributed by atoms with E-state index in [0.717, 1.165) is 46.3 Å². The van der Waals surface area contributed by atoms with Crippen LogP contribution in [-0.2, 0) is 6.42 Å². The van der Waals surface area contributed by atoms with Crippen molar-refractivity contribution in [2.24, 2.45) is 4.99 Å². The molecule has 0 saturated heterocycles. The van der Waals surface area contributed by atoms with Gasteiger partial charge in [0, 0.05) is 17.2 Å². The Labute approximate surface area is 146 Å². The van der Waals surface area contributed by atoms with Gasteiger partial charge in [0.15, 0.2) is 5.76 Å². The van der Waals surface area contributed by atoms with Crippen molar-refractivity contribution >= 4 is 23.0 Å². The summed E-state index contributed by atoms with van der Waals surface area (Å²) < 4.78 is 5.54. The van der Waals surface area contributed by atoms with Gasteiger partial charge in [0.1, 0.15) is 11.4 Å². The normalized spacial score (nSPS) is 17.1. The summed E-state index contributed by atoms with van der Waals surface area (Å²) in [5.41, 5.74) is 5.18. The summed E-state index contributed by atoms with van der Waals surface area (Å²) in [6, 6.07) is 18.4. The highest BCUT2D eigenvalue weighted by atomic mass is 35.5. The monoisotopic (exact) mass is 336 g/mol. The van der Waals surface area contributed by atoms with E-state index in [1.165, 1.54) is 5.56 Å². The van der Waals surface area contributed by atoms with E-state index in [2.05, 4.69) is 29.4 Å². The fourth-order valence-electron chi connectivity index (χ4n) is 3.18. The second-order valence-electron chi connectivity index (χ2n) is 6.12. The lowest BCUT2D eigenvalue weighted by molar-refractivity contribution is 0.373. The topological polar surface area (TPSA) is 38.4 Å². The fourth-order valence-corrected chi connectivity index (χ4v) is 3.31. The van der Waals surface area contributed by atoms with Gasteiger partial charge in [-0.15, -0.1) is 0 Å². The molecular weight excluding hydrogens is 320 g/mol. The highest BCUT2D eigenvalue weighted by Gasteiger charge is 2.25. The summed E-state index contributed by atoms with van der Waals surface area (Å²) in [5.74, 6) is 1.15. The van der Waals surface area contributed by atoms with Crippen LogP contribution in [0.1, 0.15) is 34.9 Å². The number of halogens is 1. The Morgan fingerprint density at radius 1 is 1.00 bits per heavy atom. The summed E-state index contributed by atoms with van der Waals surface area (Å²) in [4.78, 5) is 4.90. The van der Waals surface area contributed by atoms with Gasteiger partial charge < -0.3 is 4.52 Å². The molecule has 0 aliphatic carbocycles. The van der Waals surface area contributed by atoms with Crippen LogP contribution in [0.15, 0.2) is 64.1 Å². The molecule has 3 aromatic rings. The molecule has 0 unspecified atom stereocenters. The lowest BCUT2D eigenvalue weighted by Gasteiger charge is -2.15. The first-order chi connectivity index (χ1) is 11.7. The molecule has 0 saturated carbocycles. The SMILES string of the molecule is Cc1noc2c1N=C(c1ccccc1)C[C@@H](c1ccc(Cl)cc1)C2. The molecule has 0 fully saturated rings. The van der Waals surface area contributed by atoms with Crippen LogP contribution in [0.2, 0.25) is 5.02 Å². The van der Waals surface area contributed by atoms with Gasteiger partial charge >= 0.3 is 0 Å². The summed E-state index contributed by atoms with van der Waals surface area (Å²) in [7, 11) is 0. The Bertz CT molecular complexity index is 882. The third-order valence-electron chi connectivity index (χ3n) is 4.47. The zero-order chi connectivity index (χ0) is 16.5. The zero-order valence-corrected chi connectivity index (χ0v) is 14.1. The van der Waals surface area contributed by atoms with Gasteiger partial charge in [-0.3, -0.25) is 0 Å². The first-order valence-electron chi connectivity index (χ1n) is 8.04. The lowest BCUT2D eigenvalue weighted by Crippen LogP contribution is -2.09. The number of fused-ring (bicyclic) bond motifs is 1. The molecule has 0 bridgehead atoms. The summed E-state index contributed by atoms with van der Waals surface area (Å²) >= 11 is 6.04. The number of aliphatic imine (C=N–C) groups is 1. The van der Waals surface area contributed by atoms with Crippen molar-refractivity contribution < 1.29 is 4.52 Å². The van der Waals surface area contributed by atoms with Crippen LogP contribution < -0.4 is 0 Å². The van der Waals surface area contributed by atoms with Gasteiger partial charge in [-0.05, 0) is 42.5 Å². The van der Waals surface area contributed by atoms with Crippen LogP contribution in [0.25, 0.3) is 0 Å². The van der Waals surface area contributed by atoms with Crippen molar-refractivity contribution in [3.05, 3.63) is 82.2 Å². The third-order valence-corrected chi connectivity index (χ3v) is 4.72. The average molecular weight is 337 g/mol. The van der Waals surface area contributed by atoms with E-state index in [0.29, 0.717) is 0 Å². The number of hydrogen-bond donors (Lipinski definition) is 0. The minimum Gasteiger partial charge on any atom is -0.359 e. The molecule has 1 aliphatic rings. The molecule has 0 spiro atoms. The predicted octanol–water partition coefficient (Wildman–Crippen LogP) is 5.49. The maximum Gasteiger partial charge on any atom is 0.163 e. The smallest absolute Gasteiger partial charge is 0.163 e. The largest absolute Gasteiger partial charge is 0.359 e. The van der Waals surface area contributed by atoms with Crippen LogP contribution in [0.4, 0.5) is 5.69 Å². The molecule has 24 heavy (non-hydrogen) atoms. The van der Waals surface area contributed by atoms with E-state index in [9.17, 15) is 0 Å². The van der Waals surface area contributed by atoms with Gasteiger partial charge in [-0.25, -0.2) is 4.99 Å². The molecule has 0 radical (unpaired) electrons. The quantitative estimate of drug-likeness (QED) is 0.620. The summed E-state index contributed by atoms with van der Waals surface area (Å²) in [6.45, 7) is 1.94.